The molecule has 1 fully saturated rings. The van der Waals surface area contributed by atoms with Gasteiger partial charge in [-0.3, -0.25) is 19.3 Å². The van der Waals surface area contributed by atoms with Crippen molar-refractivity contribution in [1.29, 1.82) is 0 Å². The molecule has 2 aromatic rings. The summed E-state index contributed by atoms with van der Waals surface area (Å²) >= 11 is 0. The summed E-state index contributed by atoms with van der Waals surface area (Å²) in [5.41, 5.74) is 1.94. The minimum atomic E-state index is -3.51. The van der Waals surface area contributed by atoms with Gasteiger partial charge in [0.05, 0.1) is 4.90 Å². The number of amides is 2. The number of aliphatic imine (C=N–C) groups is 1. The molecule has 4 rings (SSSR count). The lowest BCUT2D eigenvalue weighted by molar-refractivity contribution is -0.116. The number of anilines is 1. The number of likely N-dealkylation sites (tertiary alicyclic amines) is 1. The van der Waals surface area contributed by atoms with Gasteiger partial charge in [0.15, 0.2) is 0 Å². The number of carbonyl (C=O) groups excluding carboxylic acids is 2. The molecular formula is C26H32N4O4S. The Morgan fingerprint density at radius 1 is 0.914 bits per heavy atom. The number of unbranched alkanes of at least 4 members (excludes halogenated alkanes) is 2. The Kier molecular flexibility index (Phi) is 8.17. The molecule has 2 N–H and O–H groups in total. The fraction of sp³-hybridized carbons (Fsp3) is 0.423. The molecule has 0 radical (unpaired) electrons. The van der Waals surface area contributed by atoms with Gasteiger partial charge >= 0.3 is 0 Å². The van der Waals surface area contributed by atoms with Crippen LogP contribution in [-0.4, -0.2) is 50.6 Å². The van der Waals surface area contributed by atoms with Crippen molar-refractivity contribution >= 4 is 33.4 Å². The van der Waals surface area contributed by atoms with Crippen molar-refractivity contribution in [1.82, 2.24) is 9.62 Å². The summed E-state index contributed by atoms with van der Waals surface area (Å²) in [6.45, 7) is 2.11. The van der Waals surface area contributed by atoms with E-state index in [4.69, 9.17) is 0 Å². The summed E-state index contributed by atoms with van der Waals surface area (Å²) in [6.07, 6.45) is 7.14. The zero-order chi connectivity index (χ0) is 24.7. The summed E-state index contributed by atoms with van der Waals surface area (Å²) < 4.78 is 26.7. The number of sulfonamides is 1. The molecule has 0 spiro atoms. The highest BCUT2D eigenvalue weighted by atomic mass is 32.2. The van der Waals surface area contributed by atoms with Crippen LogP contribution in [0.5, 0.6) is 0 Å². The van der Waals surface area contributed by atoms with E-state index in [1.807, 2.05) is 4.90 Å². The van der Waals surface area contributed by atoms with Crippen LogP contribution in [0.4, 0.5) is 5.69 Å². The Morgan fingerprint density at radius 3 is 2.37 bits per heavy atom. The fourth-order valence-electron chi connectivity index (χ4n) is 4.39. The van der Waals surface area contributed by atoms with Crippen LogP contribution < -0.4 is 10.0 Å². The largest absolute Gasteiger partial charge is 0.339 e. The Bertz CT molecular complexity index is 1180. The van der Waals surface area contributed by atoms with Gasteiger partial charge in [-0.25, -0.2) is 8.42 Å². The quantitative estimate of drug-likeness (QED) is 0.540. The van der Waals surface area contributed by atoms with Crippen LogP contribution in [0.15, 0.2) is 58.4 Å². The lowest BCUT2D eigenvalue weighted by Gasteiger charge is -2.20. The van der Waals surface area contributed by atoms with Gasteiger partial charge < -0.3 is 10.2 Å². The third-order valence-electron chi connectivity index (χ3n) is 6.30. The molecule has 0 unspecified atom stereocenters. The van der Waals surface area contributed by atoms with Crippen molar-refractivity contribution in [3.05, 3.63) is 59.7 Å². The van der Waals surface area contributed by atoms with E-state index in [9.17, 15) is 18.0 Å². The van der Waals surface area contributed by atoms with E-state index in [2.05, 4.69) is 15.0 Å². The maximum Gasteiger partial charge on any atom is 0.263 e. The second kappa shape index (κ2) is 11.5. The van der Waals surface area contributed by atoms with Gasteiger partial charge in [0, 0.05) is 42.9 Å². The number of hydrogen-bond donors (Lipinski definition) is 2. The van der Waals surface area contributed by atoms with E-state index in [0.29, 0.717) is 42.0 Å². The van der Waals surface area contributed by atoms with Crippen LogP contribution in [0, 0.1) is 0 Å². The van der Waals surface area contributed by atoms with Gasteiger partial charge in [-0.2, -0.15) is 0 Å². The molecule has 0 atom stereocenters. The minimum Gasteiger partial charge on any atom is -0.339 e. The fourth-order valence-corrected chi connectivity index (χ4v) is 5.64. The molecule has 1 saturated heterocycles. The highest BCUT2D eigenvalue weighted by molar-refractivity contribution is 7.90. The van der Waals surface area contributed by atoms with E-state index in [1.165, 1.54) is 12.8 Å². The zero-order valence-electron chi connectivity index (χ0n) is 19.8. The maximum absolute atomic E-state index is 12.7. The van der Waals surface area contributed by atoms with Crippen LogP contribution in [0.25, 0.3) is 0 Å². The van der Waals surface area contributed by atoms with Gasteiger partial charge in [0.1, 0.15) is 5.84 Å². The van der Waals surface area contributed by atoms with E-state index in [-0.39, 0.29) is 16.7 Å². The standard InChI is InChI=1S/C26H32N4O4S/c31-24(28-21-15-13-20(14-16-21)26(32)30-18-8-1-2-9-19-30)12-4-3-7-17-27-25-22-10-5-6-11-23(22)35(33,34)29-25/h5-6,10-11,13-16H,1-4,7-9,12,17-19H2,(H,27,29)(H,28,31). The van der Waals surface area contributed by atoms with Gasteiger partial charge in [-0.05, 0) is 62.1 Å². The van der Waals surface area contributed by atoms with Crippen molar-refractivity contribution < 1.29 is 18.0 Å². The molecule has 35 heavy (non-hydrogen) atoms. The first-order valence-corrected chi connectivity index (χ1v) is 13.8. The third-order valence-corrected chi connectivity index (χ3v) is 7.70. The van der Waals surface area contributed by atoms with Crippen molar-refractivity contribution in [3.63, 3.8) is 0 Å². The first-order chi connectivity index (χ1) is 16.9. The lowest BCUT2D eigenvalue weighted by Crippen LogP contribution is -2.31. The van der Waals surface area contributed by atoms with E-state index >= 15 is 0 Å². The monoisotopic (exact) mass is 496 g/mol. The minimum absolute atomic E-state index is 0.0576. The molecule has 8 nitrogen and oxygen atoms in total. The second-order valence-electron chi connectivity index (χ2n) is 8.97. The van der Waals surface area contributed by atoms with Crippen LogP contribution >= 0.6 is 0 Å². The molecule has 2 aliphatic rings. The predicted molar refractivity (Wildman–Crippen MR) is 136 cm³/mol. The van der Waals surface area contributed by atoms with Crippen molar-refractivity contribution in [3.8, 4) is 0 Å². The Morgan fingerprint density at radius 2 is 1.63 bits per heavy atom. The van der Waals surface area contributed by atoms with E-state index < -0.39 is 10.0 Å². The van der Waals surface area contributed by atoms with Crippen LogP contribution in [0.1, 0.15) is 67.3 Å². The molecule has 0 aliphatic carbocycles. The highest BCUT2D eigenvalue weighted by Gasteiger charge is 2.29. The van der Waals surface area contributed by atoms with E-state index in [1.54, 1.807) is 48.5 Å². The van der Waals surface area contributed by atoms with Gasteiger partial charge in [0.2, 0.25) is 5.91 Å². The first-order valence-electron chi connectivity index (χ1n) is 12.3. The molecule has 2 amide bonds. The number of fused-ring (bicyclic) bond motifs is 1. The molecule has 9 heteroatoms. The van der Waals surface area contributed by atoms with E-state index in [0.717, 1.165) is 38.8 Å². The smallest absolute Gasteiger partial charge is 0.263 e. The predicted octanol–water partition coefficient (Wildman–Crippen LogP) is 3.94. The van der Waals surface area contributed by atoms with Gasteiger partial charge in [0.25, 0.3) is 15.9 Å². The number of nitrogens with one attached hydrogen (secondary N) is 2. The molecule has 0 aromatic heterocycles. The molecule has 2 aromatic carbocycles. The van der Waals surface area contributed by atoms with Gasteiger partial charge in [-0.15, -0.1) is 0 Å². The normalized spacial score (nSPS) is 17.9. The van der Waals surface area contributed by atoms with Crippen LogP contribution in [0.2, 0.25) is 0 Å². The summed E-state index contributed by atoms with van der Waals surface area (Å²) in [4.78, 5) is 31.5. The molecule has 0 bridgehead atoms. The molecule has 186 valence electrons. The number of carbonyl (C=O) groups is 2. The number of amidine groups is 1. The highest BCUT2D eigenvalue weighted by Crippen LogP contribution is 2.22. The Hall–Kier alpha value is -3.20. The number of rotatable bonds is 8. The van der Waals surface area contributed by atoms with Crippen molar-refractivity contribution in [2.75, 3.05) is 25.0 Å². The summed E-state index contributed by atoms with van der Waals surface area (Å²) in [7, 11) is -3.51. The maximum atomic E-state index is 12.7. The molecule has 2 heterocycles. The second-order valence-corrected chi connectivity index (χ2v) is 10.6. The van der Waals surface area contributed by atoms with Crippen molar-refractivity contribution in [2.24, 2.45) is 4.99 Å². The SMILES string of the molecule is O=C(CCCCCN=C1NS(=O)(=O)c2ccccc21)Nc1ccc(C(=O)N2CCCCCC2)cc1. The van der Waals surface area contributed by atoms with Gasteiger partial charge in [-0.1, -0.05) is 31.4 Å². The Balaban J connectivity index is 1.17. The summed E-state index contributed by atoms with van der Waals surface area (Å²) in [5, 5.41) is 2.89. The molecular weight excluding hydrogens is 464 g/mol. The average molecular weight is 497 g/mol. The first kappa shape index (κ1) is 24.9. The third kappa shape index (κ3) is 6.48. The zero-order valence-corrected chi connectivity index (χ0v) is 20.6. The summed E-state index contributed by atoms with van der Waals surface area (Å²) in [6, 6.07) is 13.9. The lowest BCUT2D eigenvalue weighted by atomic mass is 10.1. The molecule has 0 saturated carbocycles. The molecule has 2 aliphatic heterocycles. The average Bonchev–Trinajstić information content (AvgIpc) is 3.02. The number of nitrogens with zero attached hydrogens (tertiary/aromatic N) is 2. The number of hydrogen-bond acceptors (Lipinski definition) is 5. The Labute approximate surface area is 206 Å². The van der Waals surface area contributed by atoms with Crippen LogP contribution in [-0.2, 0) is 14.8 Å². The number of benzene rings is 2. The van der Waals surface area contributed by atoms with Crippen molar-refractivity contribution in [2.45, 2.75) is 56.3 Å². The topological polar surface area (TPSA) is 108 Å². The summed E-state index contributed by atoms with van der Waals surface area (Å²) in [5.74, 6) is 0.374. The van der Waals surface area contributed by atoms with Crippen LogP contribution in [0.3, 0.4) is 0 Å².